The lowest BCUT2D eigenvalue weighted by Gasteiger charge is -2.32. The summed E-state index contributed by atoms with van der Waals surface area (Å²) in [5.41, 5.74) is 0.522. The summed E-state index contributed by atoms with van der Waals surface area (Å²) in [5.74, 6) is -1.50. The number of benzene rings is 1. The molecule has 1 N–H and O–H groups in total. The lowest BCUT2D eigenvalue weighted by molar-refractivity contribution is -0.152. The van der Waals surface area contributed by atoms with Gasteiger partial charge >= 0.3 is 12.0 Å². The zero-order chi connectivity index (χ0) is 23.7. The summed E-state index contributed by atoms with van der Waals surface area (Å²) < 4.78 is 5.08. The van der Waals surface area contributed by atoms with Gasteiger partial charge in [-0.05, 0) is 43.2 Å². The summed E-state index contributed by atoms with van der Waals surface area (Å²) in [5, 5.41) is 2.75. The van der Waals surface area contributed by atoms with Crippen molar-refractivity contribution in [1.82, 2.24) is 15.1 Å². The maximum absolute atomic E-state index is 13.2. The average molecular weight is 444 g/mol. The Morgan fingerprint density at radius 2 is 1.84 bits per heavy atom. The number of urea groups is 1. The largest absolute Gasteiger partial charge is 0.466 e. The number of ether oxygens (including phenoxy) is 1. The summed E-state index contributed by atoms with van der Waals surface area (Å²) in [7, 11) is 0. The normalized spacial score (nSPS) is 23.8. The lowest BCUT2D eigenvalue weighted by atomic mass is 9.84. The van der Waals surface area contributed by atoms with Gasteiger partial charge in [-0.3, -0.25) is 19.3 Å². The molecule has 0 saturated carbocycles. The summed E-state index contributed by atoms with van der Waals surface area (Å²) >= 11 is 0. The summed E-state index contributed by atoms with van der Waals surface area (Å²) in [6.45, 7) is 10.4. The second kappa shape index (κ2) is 8.92. The summed E-state index contributed by atoms with van der Waals surface area (Å²) in [6.07, 6.45) is 1.33. The van der Waals surface area contributed by atoms with Crippen LogP contribution in [0.3, 0.4) is 0 Å². The van der Waals surface area contributed by atoms with Crippen molar-refractivity contribution in [2.24, 2.45) is 5.92 Å². The van der Waals surface area contributed by atoms with Crippen LogP contribution in [0, 0.1) is 5.92 Å². The molecule has 1 aromatic rings. The molecular formula is C24H33N3O5. The van der Waals surface area contributed by atoms with E-state index in [-0.39, 0.29) is 36.3 Å². The van der Waals surface area contributed by atoms with Crippen molar-refractivity contribution in [1.29, 1.82) is 0 Å². The summed E-state index contributed by atoms with van der Waals surface area (Å²) in [6, 6.07) is 7.01. The van der Waals surface area contributed by atoms with E-state index in [1.807, 2.05) is 24.3 Å². The van der Waals surface area contributed by atoms with Crippen LogP contribution in [0.4, 0.5) is 4.79 Å². The van der Waals surface area contributed by atoms with E-state index in [9.17, 15) is 19.2 Å². The number of carbonyl (C=O) groups is 4. The molecule has 0 aliphatic carbocycles. The number of imide groups is 1. The Hall–Kier alpha value is -2.90. The summed E-state index contributed by atoms with van der Waals surface area (Å²) in [4.78, 5) is 53.3. The van der Waals surface area contributed by atoms with Crippen LogP contribution in [-0.4, -0.2) is 59.9 Å². The van der Waals surface area contributed by atoms with E-state index in [1.54, 1.807) is 18.7 Å². The molecular weight excluding hydrogens is 410 g/mol. The fourth-order valence-electron chi connectivity index (χ4n) is 4.23. The minimum Gasteiger partial charge on any atom is -0.466 e. The van der Waals surface area contributed by atoms with Gasteiger partial charge in [0.05, 0.1) is 12.5 Å². The third-order valence-corrected chi connectivity index (χ3v) is 6.29. The van der Waals surface area contributed by atoms with Crippen LogP contribution in [0.1, 0.15) is 58.6 Å². The number of nitrogens with zero attached hydrogens (tertiary/aromatic N) is 2. The Kier molecular flexibility index (Phi) is 6.62. The fraction of sp³-hybridized carbons (Fsp3) is 0.583. The first-order valence-electron chi connectivity index (χ1n) is 11.2. The molecule has 32 heavy (non-hydrogen) atoms. The van der Waals surface area contributed by atoms with Crippen LogP contribution in [0.15, 0.2) is 24.3 Å². The Labute approximate surface area is 189 Å². The molecule has 2 atom stereocenters. The van der Waals surface area contributed by atoms with E-state index in [1.165, 1.54) is 0 Å². The number of hydrogen-bond acceptors (Lipinski definition) is 5. The Balaban J connectivity index is 1.70. The highest BCUT2D eigenvalue weighted by Crippen LogP contribution is 2.31. The molecule has 2 saturated heterocycles. The average Bonchev–Trinajstić information content (AvgIpc) is 2.97. The highest BCUT2D eigenvalue weighted by molar-refractivity contribution is 6.09. The second-order valence-electron chi connectivity index (χ2n) is 9.70. The zero-order valence-corrected chi connectivity index (χ0v) is 19.6. The molecule has 2 heterocycles. The van der Waals surface area contributed by atoms with E-state index in [0.717, 1.165) is 10.5 Å². The molecule has 0 radical (unpaired) electrons. The van der Waals surface area contributed by atoms with E-state index in [0.29, 0.717) is 31.6 Å². The molecule has 4 amide bonds. The first-order chi connectivity index (χ1) is 15.0. The molecule has 8 nitrogen and oxygen atoms in total. The monoisotopic (exact) mass is 443 g/mol. The van der Waals surface area contributed by atoms with Gasteiger partial charge in [-0.2, -0.15) is 0 Å². The van der Waals surface area contributed by atoms with Crippen LogP contribution in [0.5, 0.6) is 0 Å². The molecule has 2 aliphatic rings. The van der Waals surface area contributed by atoms with Gasteiger partial charge in [0.1, 0.15) is 12.1 Å². The molecule has 0 bridgehead atoms. The number of piperidine rings is 1. The Bertz CT molecular complexity index is 905. The number of nitrogens with one attached hydrogen (secondary N) is 1. The molecule has 2 unspecified atom stereocenters. The van der Waals surface area contributed by atoms with Crippen molar-refractivity contribution in [3.8, 4) is 0 Å². The standard InChI is InChI=1S/C24H33N3O5/c1-6-32-20(29)16-8-7-13-26(14-16)19(28)15-27-21(30)24(5,25-22(27)31)18-11-9-17(10-12-18)23(2,3)4/h9-12,16H,6-8,13-15H2,1-5H3,(H,25,31). The van der Waals surface area contributed by atoms with Crippen LogP contribution in [0.25, 0.3) is 0 Å². The predicted octanol–water partition coefficient (Wildman–Crippen LogP) is 2.55. The SMILES string of the molecule is CCOC(=O)C1CCCN(C(=O)CN2C(=O)NC(C)(c3ccc(C(C)(C)C)cc3)C2=O)C1. The predicted molar refractivity (Wildman–Crippen MR) is 119 cm³/mol. The quantitative estimate of drug-likeness (QED) is 0.557. The second-order valence-corrected chi connectivity index (χ2v) is 9.70. The van der Waals surface area contributed by atoms with Crippen molar-refractivity contribution in [3.05, 3.63) is 35.4 Å². The molecule has 1 aromatic carbocycles. The van der Waals surface area contributed by atoms with E-state index < -0.39 is 17.5 Å². The van der Waals surface area contributed by atoms with Crippen LogP contribution in [0.2, 0.25) is 0 Å². The minimum absolute atomic E-state index is 0.0311. The molecule has 0 spiro atoms. The Morgan fingerprint density at radius 1 is 1.19 bits per heavy atom. The number of hydrogen-bond donors (Lipinski definition) is 1. The van der Waals surface area contributed by atoms with Gasteiger partial charge in [0.2, 0.25) is 5.91 Å². The number of esters is 1. The molecule has 174 valence electrons. The molecule has 3 rings (SSSR count). The van der Waals surface area contributed by atoms with Gasteiger partial charge in [-0.1, -0.05) is 45.0 Å². The smallest absolute Gasteiger partial charge is 0.325 e. The van der Waals surface area contributed by atoms with Gasteiger partial charge in [0, 0.05) is 13.1 Å². The number of rotatable bonds is 5. The maximum Gasteiger partial charge on any atom is 0.325 e. The molecule has 2 fully saturated rings. The molecule has 8 heteroatoms. The zero-order valence-electron chi connectivity index (χ0n) is 19.6. The van der Waals surface area contributed by atoms with E-state index in [2.05, 4.69) is 26.1 Å². The fourth-order valence-corrected chi connectivity index (χ4v) is 4.23. The first-order valence-corrected chi connectivity index (χ1v) is 11.2. The van der Waals surface area contributed by atoms with Gasteiger partial charge < -0.3 is 15.0 Å². The van der Waals surface area contributed by atoms with Crippen molar-refractivity contribution >= 4 is 23.8 Å². The third kappa shape index (κ3) is 4.64. The Morgan fingerprint density at radius 3 is 2.44 bits per heavy atom. The molecule has 2 aliphatic heterocycles. The van der Waals surface area contributed by atoms with Gasteiger partial charge in [-0.25, -0.2) is 4.79 Å². The van der Waals surface area contributed by atoms with E-state index in [4.69, 9.17) is 4.74 Å². The lowest BCUT2D eigenvalue weighted by Crippen LogP contribution is -2.48. The van der Waals surface area contributed by atoms with Gasteiger partial charge in [0.15, 0.2) is 0 Å². The number of carbonyl (C=O) groups excluding carboxylic acids is 4. The van der Waals surface area contributed by atoms with E-state index >= 15 is 0 Å². The van der Waals surface area contributed by atoms with Crippen molar-refractivity contribution in [3.63, 3.8) is 0 Å². The maximum atomic E-state index is 13.2. The third-order valence-electron chi connectivity index (χ3n) is 6.29. The van der Waals surface area contributed by atoms with Crippen molar-refractivity contribution < 1.29 is 23.9 Å². The number of likely N-dealkylation sites (tertiary alicyclic amines) is 1. The van der Waals surface area contributed by atoms with Crippen LogP contribution in [-0.2, 0) is 30.1 Å². The van der Waals surface area contributed by atoms with Crippen molar-refractivity contribution in [2.75, 3.05) is 26.2 Å². The van der Waals surface area contributed by atoms with Crippen LogP contribution >= 0.6 is 0 Å². The highest BCUT2D eigenvalue weighted by Gasteiger charge is 2.50. The minimum atomic E-state index is -1.23. The van der Waals surface area contributed by atoms with Gasteiger partial charge in [0.25, 0.3) is 5.91 Å². The number of amides is 4. The highest BCUT2D eigenvalue weighted by atomic mass is 16.5. The first kappa shape index (κ1) is 23.8. The topological polar surface area (TPSA) is 96.0 Å². The van der Waals surface area contributed by atoms with Gasteiger partial charge in [-0.15, -0.1) is 0 Å². The van der Waals surface area contributed by atoms with Crippen molar-refractivity contribution in [2.45, 2.75) is 58.4 Å². The van der Waals surface area contributed by atoms with Crippen LogP contribution < -0.4 is 5.32 Å². The molecule has 0 aromatic heterocycles.